The fourth-order valence-electron chi connectivity index (χ4n) is 0.914. The Balaban J connectivity index is 3.92. The molecule has 0 aromatic carbocycles. The number of aliphatic hydroxyl groups is 1. The first-order chi connectivity index (χ1) is 5.73. The van der Waals surface area contributed by atoms with E-state index in [1.165, 1.54) is 0 Å². The Kier molecular flexibility index (Phi) is 4.20. The monoisotopic (exact) mass is 189 g/mol. The van der Waals surface area contributed by atoms with E-state index in [1.54, 1.807) is 6.92 Å². The molecule has 0 aromatic rings. The van der Waals surface area contributed by atoms with Crippen LogP contribution in [0.1, 0.15) is 34.1 Å². The zero-order valence-corrected chi connectivity index (χ0v) is 8.70. The number of carbonyl (C=O) groups is 1. The summed E-state index contributed by atoms with van der Waals surface area (Å²) < 4.78 is 4.69. The molecule has 0 fully saturated rings. The van der Waals surface area contributed by atoms with Crippen LogP contribution in [0, 0.1) is 5.41 Å². The quantitative estimate of drug-likeness (QED) is 0.702. The van der Waals surface area contributed by atoms with Crippen molar-refractivity contribution in [3.8, 4) is 0 Å². The summed E-state index contributed by atoms with van der Waals surface area (Å²) in [5.41, 5.74) is 4.64. The van der Waals surface area contributed by atoms with E-state index < -0.39 is 12.2 Å². The van der Waals surface area contributed by atoms with Crippen LogP contribution >= 0.6 is 0 Å². The molecule has 0 aliphatic rings. The van der Waals surface area contributed by atoms with Gasteiger partial charge in [0.25, 0.3) is 0 Å². The van der Waals surface area contributed by atoms with Gasteiger partial charge in [0.1, 0.15) is 6.10 Å². The van der Waals surface area contributed by atoms with Crippen molar-refractivity contribution in [3.63, 3.8) is 0 Å². The van der Waals surface area contributed by atoms with E-state index in [0.717, 1.165) is 0 Å². The maximum absolute atomic E-state index is 10.4. The van der Waals surface area contributed by atoms with Gasteiger partial charge >= 0.3 is 6.09 Å². The molecule has 0 bridgehead atoms. The smallest absolute Gasteiger partial charge is 0.404 e. The molecule has 0 radical (unpaired) electrons. The molecule has 2 atom stereocenters. The first-order valence-electron chi connectivity index (χ1n) is 4.37. The lowest BCUT2D eigenvalue weighted by molar-refractivity contribution is 0.0128. The van der Waals surface area contributed by atoms with Crippen molar-refractivity contribution in [2.75, 3.05) is 0 Å². The van der Waals surface area contributed by atoms with Crippen LogP contribution < -0.4 is 5.73 Å². The van der Waals surface area contributed by atoms with Gasteiger partial charge in [-0.2, -0.15) is 0 Å². The first kappa shape index (κ1) is 12.2. The molecule has 4 heteroatoms. The summed E-state index contributed by atoms with van der Waals surface area (Å²) in [6.07, 6.45) is -1.23. The second-order valence-corrected chi connectivity index (χ2v) is 4.37. The second kappa shape index (κ2) is 4.46. The highest BCUT2D eigenvalue weighted by Crippen LogP contribution is 2.23. The van der Waals surface area contributed by atoms with Gasteiger partial charge in [-0.25, -0.2) is 4.79 Å². The second-order valence-electron chi connectivity index (χ2n) is 4.37. The summed E-state index contributed by atoms with van der Waals surface area (Å²) in [6.45, 7) is 7.48. The molecule has 13 heavy (non-hydrogen) atoms. The molecule has 0 aliphatic carbocycles. The molecule has 78 valence electrons. The van der Waals surface area contributed by atoms with Gasteiger partial charge in [-0.3, -0.25) is 0 Å². The number of rotatable bonds is 3. The van der Waals surface area contributed by atoms with Crippen molar-refractivity contribution >= 4 is 6.09 Å². The molecular formula is C9H19NO3. The summed E-state index contributed by atoms with van der Waals surface area (Å²) in [4.78, 5) is 10.4. The minimum atomic E-state index is -0.798. The molecule has 0 heterocycles. The number of hydrogen-bond acceptors (Lipinski definition) is 3. The molecule has 1 amide bonds. The number of ether oxygens (including phenoxy) is 1. The van der Waals surface area contributed by atoms with Crippen LogP contribution in [0.25, 0.3) is 0 Å². The molecule has 0 saturated heterocycles. The number of amides is 1. The van der Waals surface area contributed by atoms with Crippen LogP contribution in [0.5, 0.6) is 0 Å². The number of hydrogen-bond donors (Lipinski definition) is 2. The summed E-state index contributed by atoms with van der Waals surface area (Å²) in [6, 6.07) is 0. The third-order valence-corrected chi connectivity index (χ3v) is 1.87. The normalized spacial score (nSPS) is 16.4. The topological polar surface area (TPSA) is 72.6 Å². The maximum atomic E-state index is 10.4. The van der Waals surface area contributed by atoms with Gasteiger partial charge < -0.3 is 15.6 Å². The van der Waals surface area contributed by atoms with Gasteiger partial charge in [0, 0.05) is 6.42 Å². The molecule has 3 N–H and O–H groups in total. The van der Waals surface area contributed by atoms with E-state index in [1.807, 2.05) is 20.8 Å². The zero-order valence-electron chi connectivity index (χ0n) is 8.70. The van der Waals surface area contributed by atoms with Crippen molar-refractivity contribution in [3.05, 3.63) is 0 Å². The van der Waals surface area contributed by atoms with Gasteiger partial charge in [0.05, 0.1) is 6.10 Å². The van der Waals surface area contributed by atoms with E-state index in [4.69, 9.17) is 10.5 Å². The van der Waals surface area contributed by atoms with Crippen molar-refractivity contribution in [1.29, 1.82) is 0 Å². The molecule has 0 saturated carbocycles. The van der Waals surface area contributed by atoms with Crippen LogP contribution in [0.2, 0.25) is 0 Å². The average Bonchev–Trinajstić information content (AvgIpc) is 1.82. The number of carbonyl (C=O) groups excluding carboxylic acids is 1. The summed E-state index contributed by atoms with van der Waals surface area (Å²) in [7, 11) is 0. The van der Waals surface area contributed by atoms with Gasteiger partial charge in [-0.1, -0.05) is 20.8 Å². The highest BCUT2D eigenvalue weighted by molar-refractivity contribution is 5.64. The lowest BCUT2D eigenvalue weighted by Crippen LogP contribution is -2.32. The number of nitrogens with two attached hydrogens (primary N) is 1. The molecule has 1 unspecified atom stereocenters. The molecule has 0 rings (SSSR count). The fourth-order valence-corrected chi connectivity index (χ4v) is 0.914. The lowest BCUT2D eigenvalue weighted by Gasteiger charge is -2.27. The van der Waals surface area contributed by atoms with Crippen LogP contribution in [0.15, 0.2) is 0 Å². The fraction of sp³-hybridized carbons (Fsp3) is 0.889. The zero-order chi connectivity index (χ0) is 10.6. The lowest BCUT2D eigenvalue weighted by atomic mass is 9.86. The van der Waals surface area contributed by atoms with E-state index >= 15 is 0 Å². The molecule has 0 aliphatic heterocycles. The van der Waals surface area contributed by atoms with Crippen molar-refractivity contribution in [2.24, 2.45) is 11.1 Å². The number of primary amides is 1. The number of aliphatic hydroxyl groups excluding tert-OH is 1. The van der Waals surface area contributed by atoms with Crippen molar-refractivity contribution in [1.82, 2.24) is 0 Å². The van der Waals surface area contributed by atoms with E-state index in [2.05, 4.69) is 0 Å². The summed E-state index contributed by atoms with van der Waals surface area (Å²) >= 11 is 0. The van der Waals surface area contributed by atoms with Crippen molar-refractivity contribution in [2.45, 2.75) is 46.3 Å². The molecular weight excluding hydrogens is 170 g/mol. The Bertz CT molecular complexity index is 174. The highest BCUT2D eigenvalue weighted by atomic mass is 16.6. The van der Waals surface area contributed by atoms with E-state index in [9.17, 15) is 9.90 Å². The minimum absolute atomic E-state index is 0.199. The van der Waals surface area contributed by atoms with E-state index in [-0.39, 0.29) is 11.5 Å². The predicted molar refractivity (Wildman–Crippen MR) is 50.2 cm³/mol. The largest absolute Gasteiger partial charge is 0.447 e. The molecule has 4 nitrogen and oxygen atoms in total. The maximum Gasteiger partial charge on any atom is 0.404 e. The summed E-state index contributed by atoms with van der Waals surface area (Å²) in [5.74, 6) is 0. The predicted octanol–water partition coefficient (Wildman–Crippen LogP) is 1.27. The van der Waals surface area contributed by atoms with Crippen LogP contribution in [0.4, 0.5) is 4.79 Å². The third-order valence-electron chi connectivity index (χ3n) is 1.87. The standard InChI is InChI=1S/C9H19NO3/c1-6(13-8(10)12)5-7(11)9(2,3)4/h6-7,11H,5H2,1-4H3,(H2,10,12)/t6-,7?/m1/s1. The Morgan fingerprint density at radius 3 is 2.31 bits per heavy atom. The highest BCUT2D eigenvalue weighted by Gasteiger charge is 2.24. The third kappa shape index (κ3) is 5.47. The first-order valence-corrected chi connectivity index (χ1v) is 4.37. The Morgan fingerprint density at radius 2 is 2.00 bits per heavy atom. The Labute approximate surface area is 79.1 Å². The van der Waals surface area contributed by atoms with Crippen LogP contribution in [0.3, 0.4) is 0 Å². The average molecular weight is 189 g/mol. The minimum Gasteiger partial charge on any atom is -0.447 e. The van der Waals surface area contributed by atoms with Crippen LogP contribution in [-0.2, 0) is 4.74 Å². The van der Waals surface area contributed by atoms with Crippen molar-refractivity contribution < 1.29 is 14.6 Å². The molecule has 0 spiro atoms. The van der Waals surface area contributed by atoms with E-state index in [0.29, 0.717) is 6.42 Å². The van der Waals surface area contributed by atoms with Gasteiger partial charge in [-0.05, 0) is 12.3 Å². The Hall–Kier alpha value is -0.770. The Morgan fingerprint density at radius 1 is 1.54 bits per heavy atom. The SMILES string of the molecule is C[C@H](CC(O)C(C)(C)C)OC(N)=O. The molecule has 0 aromatic heterocycles. The van der Waals surface area contributed by atoms with Gasteiger partial charge in [0.2, 0.25) is 0 Å². The van der Waals surface area contributed by atoms with Crippen LogP contribution in [-0.4, -0.2) is 23.4 Å². The van der Waals surface area contributed by atoms with Gasteiger partial charge in [-0.15, -0.1) is 0 Å². The van der Waals surface area contributed by atoms with Gasteiger partial charge in [0.15, 0.2) is 0 Å². The summed E-state index contributed by atoms with van der Waals surface area (Å²) in [5, 5.41) is 9.64.